The standard InChI is InChI=1S/C24H22O10/c1-15(25)32-20-7-5-4-6-19(20)24(29)31-13-12-30-23(28)11-9-18-8-10-21(33-16(2)26)22(14-18)34-17(3)27/h4-11,14H,12-13H2,1-3H3/b11-9+. The van der Waals surface area contributed by atoms with Gasteiger partial charge in [0.1, 0.15) is 24.5 Å². The van der Waals surface area contributed by atoms with Gasteiger partial charge in [-0.25, -0.2) is 9.59 Å². The van der Waals surface area contributed by atoms with E-state index < -0.39 is 29.8 Å². The molecule has 178 valence electrons. The Kier molecular flexibility index (Phi) is 9.51. The highest BCUT2D eigenvalue weighted by Gasteiger charge is 2.15. The Morgan fingerprint density at radius 1 is 0.706 bits per heavy atom. The Labute approximate surface area is 195 Å². The molecule has 0 spiro atoms. The number of para-hydroxylation sites is 1. The highest BCUT2D eigenvalue weighted by atomic mass is 16.6. The maximum absolute atomic E-state index is 12.2. The predicted molar refractivity (Wildman–Crippen MR) is 117 cm³/mol. The van der Waals surface area contributed by atoms with E-state index in [1.807, 2.05) is 0 Å². The van der Waals surface area contributed by atoms with Crippen molar-refractivity contribution in [1.82, 2.24) is 0 Å². The van der Waals surface area contributed by atoms with Crippen LogP contribution in [0.1, 0.15) is 36.7 Å². The molecule has 0 fully saturated rings. The van der Waals surface area contributed by atoms with E-state index in [-0.39, 0.29) is 36.0 Å². The first-order valence-electron chi connectivity index (χ1n) is 9.96. The molecule has 0 amide bonds. The van der Waals surface area contributed by atoms with Gasteiger partial charge in [0.05, 0.1) is 0 Å². The zero-order chi connectivity index (χ0) is 25.1. The summed E-state index contributed by atoms with van der Waals surface area (Å²) in [5.41, 5.74) is 0.530. The summed E-state index contributed by atoms with van der Waals surface area (Å²) in [4.78, 5) is 57.7. The molecule has 0 aliphatic carbocycles. The van der Waals surface area contributed by atoms with Crippen LogP contribution >= 0.6 is 0 Å². The summed E-state index contributed by atoms with van der Waals surface area (Å²) in [6.07, 6.45) is 2.52. The van der Waals surface area contributed by atoms with Crippen LogP contribution in [0.5, 0.6) is 17.2 Å². The van der Waals surface area contributed by atoms with E-state index >= 15 is 0 Å². The van der Waals surface area contributed by atoms with E-state index in [2.05, 4.69) is 0 Å². The van der Waals surface area contributed by atoms with Crippen LogP contribution in [0, 0.1) is 0 Å². The second-order valence-electron chi connectivity index (χ2n) is 6.62. The molecule has 0 aromatic heterocycles. The van der Waals surface area contributed by atoms with Crippen molar-refractivity contribution in [3.63, 3.8) is 0 Å². The quantitative estimate of drug-likeness (QED) is 0.233. The first-order valence-corrected chi connectivity index (χ1v) is 9.96. The zero-order valence-electron chi connectivity index (χ0n) is 18.7. The van der Waals surface area contributed by atoms with Crippen LogP contribution in [0.3, 0.4) is 0 Å². The lowest BCUT2D eigenvalue weighted by Crippen LogP contribution is -2.14. The SMILES string of the molecule is CC(=O)Oc1ccc(/C=C/C(=O)OCCOC(=O)c2ccccc2OC(C)=O)cc1OC(C)=O. The van der Waals surface area contributed by atoms with Crippen LogP contribution in [-0.4, -0.2) is 43.1 Å². The van der Waals surface area contributed by atoms with Gasteiger partial charge in [0.15, 0.2) is 11.5 Å². The molecule has 0 saturated carbocycles. The Morgan fingerprint density at radius 2 is 1.29 bits per heavy atom. The monoisotopic (exact) mass is 470 g/mol. The number of benzene rings is 2. The first-order chi connectivity index (χ1) is 16.2. The lowest BCUT2D eigenvalue weighted by molar-refractivity contribution is -0.139. The van der Waals surface area contributed by atoms with Crippen LogP contribution in [-0.2, 0) is 28.7 Å². The number of rotatable bonds is 9. The molecule has 2 aromatic carbocycles. The van der Waals surface area contributed by atoms with Gasteiger partial charge in [-0.1, -0.05) is 18.2 Å². The molecule has 10 heteroatoms. The minimum absolute atomic E-state index is 0.0131. The zero-order valence-corrected chi connectivity index (χ0v) is 18.7. The smallest absolute Gasteiger partial charge is 0.342 e. The summed E-state index contributed by atoms with van der Waals surface area (Å²) < 4.78 is 25.0. The molecular weight excluding hydrogens is 448 g/mol. The van der Waals surface area contributed by atoms with Gasteiger partial charge in [-0.05, 0) is 35.9 Å². The maximum Gasteiger partial charge on any atom is 0.342 e. The van der Waals surface area contributed by atoms with Crippen LogP contribution in [0.15, 0.2) is 48.5 Å². The third-order valence-electron chi connectivity index (χ3n) is 3.81. The van der Waals surface area contributed by atoms with Crippen molar-refractivity contribution < 1.29 is 47.7 Å². The molecule has 10 nitrogen and oxygen atoms in total. The molecule has 0 aliphatic heterocycles. The molecule has 2 aromatic rings. The van der Waals surface area contributed by atoms with Crippen LogP contribution in [0.4, 0.5) is 0 Å². The molecule has 0 unspecified atom stereocenters. The van der Waals surface area contributed by atoms with Crippen molar-refractivity contribution in [3.05, 3.63) is 59.7 Å². The molecule has 0 bridgehead atoms. The maximum atomic E-state index is 12.2. The molecule has 0 saturated heterocycles. The van der Waals surface area contributed by atoms with E-state index in [1.54, 1.807) is 12.1 Å². The molecule has 0 atom stereocenters. The lowest BCUT2D eigenvalue weighted by Gasteiger charge is -2.09. The summed E-state index contributed by atoms with van der Waals surface area (Å²) in [5.74, 6) is -3.10. The Bertz CT molecular complexity index is 1120. The summed E-state index contributed by atoms with van der Waals surface area (Å²) in [6.45, 7) is 3.17. The molecule has 34 heavy (non-hydrogen) atoms. The van der Waals surface area contributed by atoms with E-state index in [0.717, 1.165) is 6.08 Å². The average Bonchev–Trinajstić information content (AvgIpc) is 2.76. The average molecular weight is 470 g/mol. The topological polar surface area (TPSA) is 132 Å². The molecule has 0 heterocycles. The highest BCUT2D eigenvalue weighted by molar-refractivity contribution is 5.93. The molecule has 2 rings (SSSR count). The van der Waals surface area contributed by atoms with Crippen LogP contribution in [0.2, 0.25) is 0 Å². The molecular formula is C24H22O10. The summed E-state index contributed by atoms with van der Waals surface area (Å²) in [7, 11) is 0. The number of carbonyl (C=O) groups excluding carboxylic acids is 5. The fourth-order valence-corrected chi connectivity index (χ4v) is 2.55. The van der Waals surface area contributed by atoms with E-state index in [0.29, 0.717) is 5.56 Å². The largest absolute Gasteiger partial charge is 0.459 e. The van der Waals surface area contributed by atoms with Gasteiger partial charge >= 0.3 is 29.8 Å². The van der Waals surface area contributed by atoms with Gasteiger partial charge in [-0.2, -0.15) is 0 Å². The van der Waals surface area contributed by atoms with E-state index in [4.69, 9.17) is 23.7 Å². The van der Waals surface area contributed by atoms with Crippen molar-refractivity contribution in [2.24, 2.45) is 0 Å². The Hall–Kier alpha value is -4.47. The van der Waals surface area contributed by atoms with Gasteiger partial charge in [-0.3, -0.25) is 14.4 Å². The third kappa shape index (κ3) is 8.58. The van der Waals surface area contributed by atoms with E-state index in [1.165, 1.54) is 57.2 Å². The van der Waals surface area contributed by atoms with Crippen molar-refractivity contribution in [3.8, 4) is 17.2 Å². The fourth-order valence-electron chi connectivity index (χ4n) is 2.55. The highest BCUT2D eigenvalue weighted by Crippen LogP contribution is 2.29. The van der Waals surface area contributed by atoms with Gasteiger partial charge < -0.3 is 23.7 Å². The van der Waals surface area contributed by atoms with Crippen molar-refractivity contribution in [2.75, 3.05) is 13.2 Å². The fraction of sp³-hybridized carbons (Fsp3) is 0.208. The molecule has 0 N–H and O–H groups in total. The van der Waals surface area contributed by atoms with Crippen molar-refractivity contribution in [2.45, 2.75) is 20.8 Å². The summed E-state index contributed by atoms with van der Waals surface area (Å²) in [6, 6.07) is 10.4. The van der Waals surface area contributed by atoms with Gasteiger partial charge in [0, 0.05) is 26.8 Å². The van der Waals surface area contributed by atoms with Crippen LogP contribution in [0.25, 0.3) is 6.08 Å². The minimum atomic E-state index is -0.741. The van der Waals surface area contributed by atoms with E-state index in [9.17, 15) is 24.0 Å². The molecule has 0 aliphatic rings. The van der Waals surface area contributed by atoms with Crippen molar-refractivity contribution >= 4 is 35.9 Å². The Balaban J connectivity index is 1.89. The number of esters is 5. The third-order valence-corrected chi connectivity index (χ3v) is 3.81. The minimum Gasteiger partial charge on any atom is -0.459 e. The number of carbonyl (C=O) groups is 5. The van der Waals surface area contributed by atoms with Gasteiger partial charge in [-0.15, -0.1) is 0 Å². The number of hydrogen-bond acceptors (Lipinski definition) is 10. The second kappa shape index (κ2) is 12.5. The molecule has 0 radical (unpaired) electrons. The predicted octanol–water partition coefficient (Wildman–Crippen LogP) is 2.88. The summed E-state index contributed by atoms with van der Waals surface area (Å²) in [5, 5.41) is 0. The Morgan fingerprint density at radius 3 is 1.97 bits per heavy atom. The second-order valence-corrected chi connectivity index (χ2v) is 6.62. The first kappa shape index (κ1) is 25.8. The summed E-state index contributed by atoms with van der Waals surface area (Å²) >= 11 is 0. The van der Waals surface area contributed by atoms with Gasteiger partial charge in [0.25, 0.3) is 0 Å². The van der Waals surface area contributed by atoms with Gasteiger partial charge in [0.2, 0.25) is 0 Å². The van der Waals surface area contributed by atoms with Crippen LogP contribution < -0.4 is 14.2 Å². The normalized spacial score (nSPS) is 10.3. The lowest BCUT2D eigenvalue weighted by atomic mass is 10.2. The number of ether oxygens (including phenoxy) is 5. The van der Waals surface area contributed by atoms with Crippen molar-refractivity contribution in [1.29, 1.82) is 0 Å². The number of hydrogen-bond donors (Lipinski definition) is 0.